The van der Waals surface area contributed by atoms with Crippen LogP contribution in [-0.4, -0.2) is 40.8 Å². The first kappa shape index (κ1) is 13.5. The molecule has 3 atom stereocenters. The number of likely N-dealkylation sites (tertiary alicyclic amines) is 1. The summed E-state index contributed by atoms with van der Waals surface area (Å²) >= 11 is 1.71. The fourth-order valence-electron chi connectivity index (χ4n) is 2.80. The number of hydrogen-bond acceptors (Lipinski definition) is 5. The van der Waals surface area contributed by atoms with Crippen molar-refractivity contribution in [3.63, 3.8) is 0 Å². The summed E-state index contributed by atoms with van der Waals surface area (Å²) in [6.07, 6.45) is 3.36. The highest BCUT2D eigenvalue weighted by atomic mass is 32.1. The lowest BCUT2D eigenvalue weighted by atomic mass is 9.96. The first-order valence-corrected chi connectivity index (χ1v) is 8.06. The molecule has 0 radical (unpaired) electrons. The van der Waals surface area contributed by atoms with Gasteiger partial charge in [-0.2, -0.15) is 0 Å². The highest BCUT2D eigenvalue weighted by Crippen LogP contribution is 2.31. The molecule has 3 heterocycles. The highest BCUT2D eigenvalue weighted by molar-refractivity contribution is 7.09. The zero-order valence-corrected chi connectivity index (χ0v) is 12.2. The van der Waals surface area contributed by atoms with Crippen molar-refractivity contribution in [1.29, 1.82) is 0 Å². The zero-order chi connectivity index (χ0) is 13.2. The molecule has 2 fully saturated rings. The molecule has 0 aliphatic carbocycles. The Kier molecular flexibility index (Phi) is 4.17. The lowest BCUT2D eigenvalue weighted by molar-refractivity contribution is 0.0254. The van der Waals surface area contributed by atoms with Gasteiger partial charge in [-0.05, 0) is 31.7 Å². The number of rotatable bonds is 3. The average molecular weight is 282 g/mol. The van der Waals surface area contributed by atoms with E-state index >= 15 is 0 Å². The smallest absolute Gasteiger partial charge is 0.122 e. The van der Waals surface area contributed by atoms with Crippen LogP contribution in [0.1, 0.15) is 43.0 Å². The lowest BCUT2D eigenvalue weighted by Gasteiger charge is -2.33. The first-order chi connectivity index (χ1) is 9.22. The van der Waals surface area contributed by atoms with Crippen LogP contribution in [0.4, 0.5) is 0 Å². The van der Waals surface area contributed by atoms with E-state index in [1.807, 2.05) is 0 Å². The van der Waals surface area contributed by atoms with Gasteiger partial charge in [0.1, 0.15) is 11.1 Å². The maximum atomic E-state index is 9.92. The predicted molar refractivity (Wildman–Crippen MR) is 75.1 cm³/mol. The first-order valence-electron chi connectivity index (χ1n) is 7.18. The molecule has 3 rings (SSSR count). The van der Waals surface area contributed by atoms with Gasteiger partial charge in [0, 0.05) is 25.1 Å². The van der Waals surface area contributed by atoms with Crippen LogP contribution >= 0.6 is 11.3 Å². The van der Waals surface area contributed by atoms with E-state index in [1.165, 1.54) is 0 Å². The van der Waals surface area contributed by atoms with Crippen molar-refractivity contribution < 1.29 is 9.84 Å². The van der Waals surface area contributed by atoms with Crippen molar-refractivity contribution in [3.8, 4) is 0 Å². The van der Waals surface area contributed by atoms with E-state index in [0.717, 1.165) is 56.2 Å². The topological polar surface area (TPSA) is 45.6 Å². The Morgan fingerprint density at radius 1 is 1.53 bits per heavy atom. The molecule has 1 N–H and O–H groups in total. The van der Waals surface area contributed by atoms with Gasteiger partial charge in [0.25, 0.3) is 0 Å². The Hall–Kier alpha value is -0.490. The van der Waals surface area contributed by atoms with Crippen LogP contribution < -0.4 is 0 Å². The molecule has 0 saturated carbocycles. The number of ether oxygens (including phenoxy) is 1. The minimum absolute atomic E-state index is 0.190. The van der Waals surface area contributed by atoms with Crippen molar-refractivity contribution in [3.05, 3.63) is 16.1 Å². The SMILES string of the molecule is CC1CCN(Cc2csc(C3CCCO3)n2)CC1O. The van der Waals surface area contributed by atoms with Crippen molar-refractivity contribution in [2.45, 2.75) is 44.9 Å². The number of nitrogens with zero attached hydrogens (tertiary/aromatic N) is 2. The third-order valence-electron chi connectivity index (χ3n) is 4.16. The Morgan fingerprint density at radius 2 is 2.42 bits per heavy atom. The van der Waals surface area contributed by atoms with Gasteiger partial charge in [-0.3, -0.25) is 4.90 Å². The van der Waals surface area contributed by atoms with Crippen LogP contribution in [0.25, 0.3) is 0 Å². The van der Waals surface area contributed by atoms with Gasteiger partial charge in [0.15, 0.2) is 0 Å². The molecule has 3 unspecified atom stereocenters. The normalized spacial score (nSPS) is 32.8. The number of thiazole rings is 1. The fourth-order valence-corrected chi connectivity index (χ4v) is 3.69. The van der Waals surface area contributed by atoms with E-state index in [1.54, 1.807) is 11.3 Å². The van der Waals surface area contributed by atoms with Gasteiger partial charge < -0.3 is 9.84 Å². The van der Waals surface area contributed by atoms with Crippen LogP contribution in [-0.2, 0) is 11.3 Å². The number of aliphatic hydroxyl groups excluding tert-OH is 1. The summed E-state index contributed by atoms with van der Waals surface area (Å²) < 4.78 is 5.67. The van der Waals surface area contributed by atoms with Crippen molar-refractivity contribution in [2.75, 3.05) is 19.7 Å². The average Bonchev–Trinajstić information content (AvgIpc) is 3.04. The quantitative estimate of drug-likeness (QED) is 0.923. The molecule has 0 aromatic carbocycles. The maximum Gasteiger partial charge on any atom is 0.122 e. The standard InChI is InChI=1S/C14H22N2O2S/c1-10-4-5-16(8-12(10)17)7-11-9-19-14(15-11)13-3-2-6-18-13/h9-10,12-13,17H,2-8H2,1H3. The molecule has 2 saturated heterocycles. The van der Waals surface area contributed by atoms with E-state index in [2.05, 4.69) is 17.2 Å². The molecule has 19 heavy (non-hydrogen) atoms. The second-order valence-corrected chi connectivity index (χ2v) is 6.64. The van der Waals surface area contributed by atoms with Crippen LogP contribution in [0.3, 0.4) is 0 Å². The van der Waals surface area contributed by atoms with E-state index in [9.17, 15) is 5.11 Å². The van der Waals surface area contributed by atoms with E-state index in [4.69, 9.17) is 9.72 Å². The molecule has 2 aliphatic heterocycles. The molecular formula is C14H22N2O2S. The molecule has 0 spiro atoms. The minimum atomic E-state index is -0.190. The Labute approximate surface area is 118 Å². The summed E-state index contributed by atoms with van der Waals surface area (Å²) in [7, 11) is 0. The summed E-state index contributed by atoms with van der Waals surface area (Å²) in [6.45, 7) is 5.68. The summed E-state index contributed by atoms with van der Waals surface area (Å²) in [5.41, 5.74) is 1.12. The summed E-state index contributed by atoms with van der Waals surface area (Å²) in [4.78, 5) is 7.01. The predicted octanol–water partition coefficient (Wildman–Crippen LogP) is 2.20. The van der Waals surface area contributed by atoms with Gasteiger partial charge in [0.2, 0.25) is 0 Å². The van der Waals surface area contributed by atoms with Crippen LogP contribution in [0.15, 0.2) is 5.38 Å². The fraction of sp³-hybridized carbons (Fsp3) is 0.786. The Balaban J connectivity index is 1.58. The van der Waals surface area contributed by atoms with Gasteiger partial charge in [-0.25, -0.2) is 4.98 Å². The van der Waals surface area contributed by atoms with Crippen LogP contribution in [0, 0.1) is 5.92 Å². The van der Waals surface area contributed by atoms with Gasteiger partial charge in [0.05, 0.1) is 11.8 Å². The van der Waals surface area contributed by atoms with E-state index < -0.39 is 0 Å². The van der Waals surface area contributed by atoms with Gasteiger partial charge in [-0.1, -0.05) is 6.92 Å². The highest BCUT2D eigenvalue weighted by Gasteiger charge is 2.25. The number of aromatic nitrogens is 1. The Morgan fingerprint density at radius 3 is 3.16 bits per heavy atom. The molecule has 106 valence electrons. The number of hydrogen-bond donors (Lipinski definition) is 1. The van der Waals surface area contributed by atoms with E-state index in [0.29, 0.717) is 5.92 Å². The van der Waals surface area contributed by atoms with Crippen molar-refractivity contribution in [2.24, 2.45) is 5.92 Å². The third-order valence-corrected chi connectivity index (χ3v) is 5.15. The monoisotopic (exact) mass is 282 g/mol. The summed E-state index contributed by atoms with van der Waals surface area (Å²) in [5.74, 6) is 0.425. The second-order valence-electron chi connectivity index (χ2n) is 5.75. The largest absolute Gasteiger partial charge is 0.392 e. The van der Waals surface area contributed by atoms with Gasteiger partial charge >= 0.3 is 0 Å². The Bertz CT molecular complexity index is 417. The van der Waals surface area contributed by atoms with Crippen molar-refractivity contribution in [1.82, 2.24) is 9.88 Å². The minimum Gasteiger partial charge on any atom is -0.392 e. The molecule has 4 nitrogen and oxygen atoms in total. The van der Waals surface area contributed by atoms with E-state index in [-0.39, 0.29) is 12.2 Å². The van der Waals surface area contributed by atoms with Crippen molar-refractivity contribution >= 4 is 11.3 Å². The molecule has 0 amide bonds. The lowest BCUT2D eigenvalue weighted by Crippen LogP contribution is -2.42. The molecule has 1 aromatic rings. The second kappa shape index (κ2) is 5.87. The number of β-amino-alcohol motifs (C(OH)–C–C–N with tert-alkyl or cyclic N) is 1. The summed E-state index contributed by atoms with van der Waals surface area (Å²) in [5, 5.41) is 13.2. The molecule has 2 aliphatic rings. The third kappa shape index (κ3) is 3.16. The molecule has 5 heteroatoms. The van der Waals surface area contributed by atoms with Gasteiger partial charge in [-0.15, -0.1) is 11.3 Å². The van der Waals surface area contributed by atoms with Crippen LogP contribution in [0.5, 0.6) is 0 Å². The molecule has 1 aromatic heterocycles. The number of aliphatic hydroxyl groups is 1. The summed E-state index contributed by atoms with van der Waals surface area (Å²) in [6, 6.07) is 0. The molecular weight excluding hydrogens is 260 g/mol. The van der Waals surface area contributed by atoms with Crippen LogP contribution in [0.2, 0.25) is 0 Å². The maximum absolute atomic E-state index is 9.92. The molecule has 0 bridgehead atoms. The number of piperidine rings is 1. The zero-order valence-electron chi connectivity index (χ0n) is 11.4.